The molecule has 0 saturated carbocycles. The Bertz CT molecular complexity index is 446. The average Bonchev–Trinajstić information content (AvgIpc) is 2.44. The molecule has 2 unspecified atom stereocenters. The van der Waals surface area contributed by atoms with E-state index in [9.17, 15) is 9.18 Å². The minimum Gasteiger partial charge on any atom is -0.313 e. The van der Waals surface area contributed by atoms with Gasteiger partial charge in [0.1, 0.15) is 5.82 Å². The van der Waals surface area contributed by atoms with Crippen LogP contribution in [-0.2, 0) is 4.79 Å². The van der Waals surface area contributed by atoms with Gasteiger partial charge in [-0.1, -0.05) is 6.92 Å². The summed E-state index contributed by atoms with van der Waals surface area (Å²) in [5.41, 5.74) is 0.766. The van der Waals surface area contributed by atoms with Crippen LogP contribution in [0.4, 0.5) is 10.1 Å². The average molecular weight is 278 g/mol. The van der Waals surface area contributed by atoms with Crippen molar-refractivity contribution in [1.29, 1.82) is 0 Å². The molecule has 1 N–H and O–H groups in total. The van der Waals surface area contributed by atoms with E-state index in [4.69, 9.17) is 0 Å². The van der Waals surface area contributed by atoms with Crippen LogP contribution >= 0.6 is 0 Å². The lowest BCUT2D eigenvalue weighted by Crippen LogP contribution is -2.44. The number of rotatable bonds is 4. The van der Waals surface area contributed by atoms with E-state index in [1.54, 1.807) is 17.0 Å². The van der Waals surface area contributed by atoms with Crippen LogP contribution in [0.5, 0.6) is 0 Å². The normalized spacial score (nSPS) is 22.6. The van der Waals surface area contributed by atoms with Gasteiger partial charge in [0, 0.05) is 24.7 Å². The highest BCUT2D eigenvalue weighted by Gasteiger charge is 2.25. The predicted octanol–water partition coefficient (Wildman–Crippen LogP) is 2.96. The van der Waals surface area contributed by atoms with Gasteiger partial charge in [-0.2, -0.15) is 0 Å². The first-order valence-corrected chi connectivity index (χ1v) is 7.41. The largest absolute Gasteiger partial charge is 0.313 e. The molecule has 1 heterocycles. The van der Waals surface area contributed by atoms with Crippen LogP contribution in [0.3, 0.4) is 0 Å². The Morgan fingerprint density at radius 1 is 1.40 bits per heavy atom. The van der Waals surface area contributed by atoms with Gasteiger partial charge in [-0.25, -0.2) is 4.39 Å². The molecule has 4 heteroatoms. The van der Waals surface area contributed by atoms with Crippen LogP contribution in [0.1, 0.15) is 33.1 Å². The Morgan fingerprint density at radius 3 is 2.70 bits per heavy atom. The van der Waals surface area contributed by atoms with Gasteiger partial charge in [-0.15, -0.1) is 0 Å². The summed E-state index contributed by atoms with van der Waals surface area (Å²) in [6.07, 6.45) is 2.86. The zero-order valence-corrected chi connectivity index (χ0v) is 12.2. The maximum Gasteiger partial charge on any atom is 0.228 e. The van der Waals surface area contributed by atoms with Crippen molar-refractivity contribution >= 4 is 11.6 Å². The second-order valence-corrected chi connectivity index (χ2v) is 5.50. The van der Waals surface area contributed by atoms with Gasteiger partial charge < -0.3 is 10.2 Å². The van der Waals surface area contributed by atoms with Crippen LogP contribution in [0.15, 0.2) is 24.3 Å². The van der Waals surface area contributed by atoms with Gasteiger partial charge in [0.2, 0.25) is 5.91 Å². The standard InChI is InChI=1S/C16H23FN2O/c1-3-19(14-8-6-13(17)7-9-14)16(20)11-15-12(2)5-4-10-18-15/h6-9,12,15,18H,3-5,10-11H2,1-2H3. The summed E-state index contributed by atoms with van der Waals surface area (Å²) in [6.45, 7) is 5.73. The SMILES string of the molecule is CCN(C(=O)CC1NCCCC1C)c1ccc(F)cc1. The van der Waals surface area contributed by atoms with Crippen molar-refractivity contribution in [2.45, 2.75) is 39.2 Å². The maximum atomic E-state index is 13.0. The summed E-state index contributed by atoms with van der Waals surface area (Å²) in [5.74, 6) is 0.352. The summed E-state index contributed by atoms with van der Waals surface area (Å²) in [5, 5.41) is 3.43. The third-order valence-electron chi connectivity index (χ3n) is 4.08. The highest BCUT2D eigenvalue weighted by molar-refractivity contribution is 5.93. The van der Waals surface area contributed by atoms with E-state index < -0.39 is 0 Å². The fourth-order valence-corrected chi connectivity index (χ4v) is 2.81. The van der Waals surface area contributed by atoms with Crippen LogP contribution in [0.25, 0.3) is 0 Å². The smallest absolute Gasteiger partial charge is 0.228 e. The Labute approximate surface area is 120 Å². The lowest BCUT2D eigenvalue weighted by molar-refractivity contribution is -0.119. The zero-order chi connectivity index (χ0) is 14.5. The van der Waals surface area contributed by atoms with Gasteiger partial charge in [-0.05, 0) is 56.5 Å². The van der Waals surface area contributed by atoms with Crippen molar-refractivity contribution < 1.29 is 9.18 Å². The first-order valence-electron chi connectivity index (χ1n) is 7.41. The van der Waals surface area contributed by atoms with E-state index in [1.807, 2.05) is 6.92 Å². The fourth-order valence-electron chi connectivity index (χ4n) is 2.81. The van der Waals surface area contributed by atoms with Gasteiger partial charge >= 0.3 is 0 Å². The molecule has 0 bridgehead atoms. The summed E-state index contributed by atoms with van der Waals surface area (Å²) in [4.78, 5) is 14.2. The van der Waals surface area contributed by atoms with Crippen molar-refractivity contribution in [2.75, 3.05) is 18.0 Å². The van der Waals surface area contributed by atoms with Crippen molar-refractivity contribution in [1.82, 2.24) is 5.32 Å². The van der Waals surface area contributed by atoms with E-state index in [0.717, 1.165) is 12.2 Å². The first-order chi connectivity index (χ1) is 9.61. The fraction of sp³-hybridized carbons (Fsp3) is 0.562. The molecular weight excluding hydrogens is 255 g/mol. The molecule has 110 valence electrons. The summed E-state index contributed by atoms with van der Waals surface area (Å²) in [6, 6.07) is 6.37. The van der Waals surface area contributed by atoms with Crippen molar-refractivity contribution in [3.8, 4) is 0 Å². The van der Waals surface area contributed by atoms with Crippen molar-refractivity contribution in [2.24, 2.45) is 5.92 Å². The lowest BCUT2D eigenvalue weighted by Gasteiger charge is -2.31. The number of hydrogen-bond acceptors (Lipinski definition) is 2. The molecule has 0 spiro atoms. The number of nitrogens with zero attached hydrogens (tertiary/aromatic N) is 1. The highest BCUT2D eigenvalue weighted by atomic mass is 19.1. The Morgan fingerprint density at radius 2 is 2.10 bits per heavy atom. The molecule has 20 heavy (non-hydrogen) atoms. The molecule has 1 aliphatic heterocycles. The Kier molecular flexibility index (Phi) is 5.12. The third-order valence-corrected chi connectivity index (χ3v) is 4.08. The van der Waals surface area contributed by atoms with Crippen molar-refractivity contribution in [3.05, 3.63) is 30.1 Å². The third kappa shape index (κ3) is 3.57. The number of halogens is 1. The monoisotopic (exact) mass is 278 g/mol. The van der Waals surface area contributed by atoms with Crippen LogP contribution in [-0.4, -0.2) is 25.0 Å². The molecule has 1 fully saturated rings. The summed E-state index contributed by atoms with van der Waals surface area (Å²) >= 11 is 0. The molecule has 0 aromatic heterocycles. The van der Waals surface area contributed by atoms with Gasteiger partial charge in [-0.3, -0.25) is 4.79 Å². The minimum absolute atomic E-state index is 0.102. The van der Waals surface area contributed by atoms with E-state index in [2.05, 4.69) is 12.2 Å². The molecule has 0 aliphatic carbocycles. The maximum absolute atomic E-state index is 13.0. The number of benzene rings is 1. The van der Waals surface area contributed by atoms with Crippen LogP contribution in [0.2, 0.25) is 0 Å². The predicted molar refractivity (Wildman–Crippen MR) is 79.2 cm³/mol. The molecule has 2 atom stereocenters. The number of nitrogens with one attached hydrogen (secondary N) is 1. The summed E-state index contributed by atoms with van der Waals surface area (Å²) in [7, 11) is 0. The number of carbonyl (C=O) groups excluding carboxylic acids is 1. The number of amides is 1. The quantitative estimate of drug-likeness (QED) is 0.918. The van der Waals surface area contributed by atoms with E-state index >= 15 is 0 Å². The Balaban J connectivity index is 2.03. The number of anilines is 1. The molecule has 2 rings (SSSR count). The molecule has 1 aromatic rings. The van der Waals surface area contributed by atoms with Crippen LogP contribution in [0, 0.1) is 11.7 Å². The second-order valence-electron chi connectivity index (χ2n) is 5.50. The number of hydrogen-bond donors (Lipinski definition) is 1. The van der Waals surface area contributed by atoms with Crippen LogP contribution < -0.4 is 10.2 Å². The van der Waals surface area contributed by atoms with E-state index in [-0.39, 0.29) is 17.8 Å². The minimum atomic E-state index is -0.278. The number of carbonyl (C=O) groups is 1. The molecule has 3 nitrogen and oxygen atoms in total. The molecular formula is C16H23FN2O. The summed E-state index contributed by atoms with van der Waals surface area (Å²) < 4.78 is 13.0. The molecule has 0 radical (unpaired) electrons. The molecule has 1 aliphatic rings. The number of piperidine rings is 1. The lowest BCUT2D eigenvalue weighted by atomic mass is 9.90. The highest BCUT2D eigenvalue weighted by Crippen LogP contribution is 2.21. The first kappa shape index (κ1) is 15.0. The second kappa shape index (κ2) is 6.84. The molecule has 1 aromatic carbocycles. The topological polar surface area (TPSA) is 32.3 Å². The van der Waals surface area contributed by atoms with Gasteiger partial charge in [0.15, 0.2) is 0 Å². The van der Waals surface area contributed by atoms with E-state index in [1.165, 1.54) is 25.0 Å². The van der Waals surface area contributed by atoms with Gasteiger partial charge in [0.05, 0.1) is 0 Å². The zero-order valence-electron chi connectivity index (χ0n) is 12.2. The molecule has 1 saturated heterocycles. The van der Waals surface area contributed by atoms with E-state index in [0.29, 0.717) is 18.9 Å². The van der Waals surface area contributed by atoms with Crippen molar-refractivity contribution in [3.63, 3.8) is 0 Å². The molecule has 1 amide bonds. The van der Waals surface area contributed by atoms with Gasteiger partial charge in [0.25, 0.3) is 0 Å². The Hall–Kier alpha value is -1.42.